The molecule has 0 aromatic heterocycles. The molecule has 3 rings (SSSR count). The van der Waals surface area contributed by atoms with E-state index in [4.69, 9.17) is 4.74 Å². The molecule has 102 valence electrons. The van der Waals surface area contributed by atoms with Crippen molar-refractivity contribution in [3.63, 3.8) is 0 Å². The molecule has 2 aliphatic carbocycles. The van der Waals surface area contributed by atoms with Gasteiger partial charge >= 0.3 is 5.97 Å². The smallest absolute Gasteiger partial charge is 0.337 e. The lowest BCUT2D eigenvalue weighted by Gasteiger charge is -2.59. The van der Waals surface area contributed by atoms with E-state index in [1.165, 1.54) is 7.11 Å². The molecule has 0 heterocycles. The fraction of sp³-hybridized carbons (Fsp3) is 0.562. The summed E-state index contributed by atoms with van der Waals surface area (Å²) < 4.78 is 4.75. The quantitative estimate of drug-likeness (QED) is 0.832. The number of hydrogen-bond acceptors (Lipinski definition) is 3. The van der Waals surface area contributed by atoms with Gasteiger partial charge in [-0.25, -0.2) is 4.79 Å². The molecule has 0 unspecified atom stereocenters. The number of ether oxygens (including phenoxy) is 1. The third kappa shape index (κ3) is 1.51. The summed E-state index contributed by atoms with van der Waals surface area (Å²) in [6, 6.07) is 5.58. The molecule has 0 aliphatic heterocycles. The van der Waals surface area contributed by atoms with Gasteiger partial charge in [-0.05, 0) is 55.4 Å². The lowest BCUT2D eigenvalue weighted by molar-refractivity contribution is -0.188. The minimum atomic E-state index is -0.677. The molecule has 0 radical (unpaired) electrons. The Bertz CT molecular complexity index is 533. The van der Waals surface area contributed by atoms with Gasteiger partial charge in [0.05, 0.1) is 18.3 Å². The van der Waals surface area contributed by atoms with Gasteiger partial charge in [-0.3, -0.25) is 0 Å². The van der Waals surface area contributed by atoms with Crippen LogP contribution in [0.3, 0.4) is 0 Å². The van der Waals surface area contributed by atoms with Gasteiger partial charge in [0.2, 0.25) is 0 Å². The van der Waals surface area contributed by atoms with E-state index >= 15 is 0 Å². The highest BCUT2D eigenvalue weighted by molar-refractivity contribution is 5.89. The molecule has 1 aromatic carbocycles. The Labute approximate surface area is 113 Å². The van der Waals surface area contributed by atoms with Gasteiger partial charge in [-0.15, -0.1) is 0 Å². The largest absolute Gasteiger partial charge is 0.465 e. The first kappa shape index (κ1) is 12.7. The maximum Gasteiger partial charge on any atom is 0.337 e. The van der Waals surface area contributed by atoms with E-state index in [1.807, 2.05) is 12.1 Å². The number of hydrogen-bond donors (Lipinski definition) is 1. The molecule has 0 spiro atoms. The van der Waals surface area contributed by atoms with Gasteiger partial charge in [0.1, 0.15) is 0 Å². The highest BCUT2D eigenvalue weighted by Gasteiger charge is 2.59. The highest BCUT2D eigenvalue weighted by Crippen LogP contribution is 2.63. The van der Waals surface area contributed by atoms with Crippen molar-refractivity contribution in [1.29, 1.82) is 0 Å². The van der Waals surface area contributed by atoms with Crippen molar-refractivity contribution in [3.05, 3.63) is 34.9 Å². The van der Waals surface area contributed by atoms with Crippen LogP contribution < -0.4 is 0 Å². The van der Waals surface area contributed by atoms with E-state index in [2.05, 4.69) is 6.92 Å². The molecular weight excluding hydrogens is 240 g/mol. The van der Waals surface area contributed by atoms with Crippen LogP contribution in [0.1, 0.15) is 54.1 Å². The second-order valence-corrected chi connectivity index (χ2v) is 5.86. The second-order valence-electron chi connectivity index (χ2n) is 5.86. The summed E-state index contributed by atoms with van der Waals surface area (Å²) in [5, 5.41) is 11.0. The Balaban J connectivity index is 2.04. The Morgan fingerprint density at radius 3 is 2.74 bits per heavy atom. The number of carbonyl (C=O) groups is 1. The summed E-state index contributed by atoms with van der Waals surface area (Å²) in [4.78, 5) is 11.6. The number of fused-ring (bicyclic) bond motifs is 3. The van der Waals surface area contributed by atoms with Gasteiger partial charge in [0.15, 0.2) is 0 Å². The Hall–Kier alpha value is -1.35. The van der Waals surface area contributed by atoms with Gasteiger partial charge in [0, 0.05) is 5.41 Å². The van der Waals surface area contributed by atoms with Crippen molar-refractivity contribution in [2.45, 2.75) is 44.6 Å². The topological polar surface area (TPSA) is 46.5 Å². The average molecular weight is 260 g/mol. The van der Waals surface area contributed by atoms with Gasteiger partial charge in [-0.2, -0.15) is 0 Å². The molecule has 1 fully saturated rings. The van der Waals surface area contributed by atoms with Crippen molar-refractivity contribution < 1.29 is 14.6 Å². The number of esters is 1. The van der Waals surface area contributed by atoms with Gasteiger partial charge in [0.25, 0.3) is 0 Å². The van der Waals surface area contributed by atoms with Crippen LogP contribution in [-0.4, -0.2) is 18.2 Å². The monoisotopic (exact) mass is 260 g/mol. The molecule has 3 nitrogen and oxygen atoms in total. The third-order valence-electron chi connectivity index (χ3n) is 5.36. The van der Waals surface area contributed by atoms with Crippen LogP contribution in [0.2, 0.25) is 0 Å². The summed E-state index contributed by atoms with van der Waals surface area (Å²) in [7, 11) is 1.39. The zero-order chi connectivity index (χ0) is 13.7. The first-order valence-electron chi connectivity index (χ1n) is 7.00. The van der Waals surface area contributed by atoms with E-state index in [0.717, 1.165) is 43.2 Å². The lowest BCUT2D eigenvalue weighted by atomic mass is 9.48. The molecule has 0 saturated heterocycles. The molecular formula is C16H20O3. The zero-order valence-electron chi connectivity index (χ0n) is 11.5. The normalized spacial score (nSPS) is 31.9. The summed E-state index contributed by atoms with van der Waals surface area (Å²) in [6.07, 6.45) is 4.92. The van der Waals surface area contributed by atoms with Crippen molar-refractivity contribution in [2.75, 3.05) is 7.11 Å². The van der Waals surface area contributed by atoms with Crippen LogP contribution in [0, 0.1) is 5.41 Å². The number of aryl methyl sites for hydroxylation is 1. The van der Waals surface area contributed by atoms with Gasteiger partial charge in [-0.1, -0.05) is 13.0 Å². The molecule has 0 bridgehead atoms. The number of aliphatic hydroxyl groups is 1. The van der Waals surface area contributed by atoms with Crippen molar-refractivity contribution >= 4 is 5.97 Å². The Morgan fingerprint density at radius 1 is 1.37 bits per heavy atom. The Morgan fingerprint density at radius 2 is 2.16 bits per heavy atom. The molecule has 3 heteroatoms. The van der Waals surface area contributed by atoms with Crippen molar-refractivity contribution in [1.82, 2.24) is 0 Å². The average Bonchev–Trinajstić information content (AvgIpc) is 2.44. The second kappa shape index (κ2) is 4.07. The van der Waals surface area contributed by atoms with E-state index in [1.54, 1.807) is 6.07 Å². The fourth-order valence-electron chi connectivity index (χ4n) is 3.94. The molecule has 0 amide bonds. The SMILES string of the molecule is CC[C@]12CCc3cc(C(=O)OC)ccc3[C@@]1(O)CC2. The van der Waals surface area contributed by atoms with Crippen LogP contribution in [0.15, 0.2) is 18.2 Å². The Kier molecular flexibility index (Phi) is 2.72. The van der Waals surface area contributed by atoms with Crippen LogP contribution >= 0.6 is 0 Å². The summed E-state index contributed by atoms with van der Waals surface area (Å²) in [5.74, 6) is -0.310. The lowest BCUT2D eigenvalue weighted by Crippen LogP contribution is -2.57. The number of methoxy groups -OCH3 is 1. The fourth-order valence-corrected chi connectivity index (χ4v) is 3.94. The van der Waals surface area contributed by atoms with E-state index in [9.17, 15) is 9.90 Å². The first-order chi connectivity index (χ1) is 9.06. The van der Waals surface area contributed by atoms with Crippen LogP contribution in [0.5, 0.6) is 0 Å². The van der Waals surface area contributed by atoms with Crippen LogP contribution in [-0.2, 0) is 16.8 Å². The van der Waals surface area contributed by atoms with Gasteiger partial charge < -0.3 is 9.84 Å². The maximum atomic E-state index is 11.6. The molecule has 2 aliphatic rings. The molecule has 19 heavy (non-hydrogen) atoms. The summed E-state index contributed by atoms with van der Waals surface area (Å²) in [6.45, 7) is 2.16. The van der Waals surface area contributed by atoms with Crippen molar-refractivity contribution in [2.24, 2.45) is 5.41 Å². The third-order valence-corrected chi connectivity index (χ3v) is 5.36. The number of benzene rings is 1. The first-order valence-corrected chi connectivity index (χ1v) is 7.00. The van der Waals surface area contributed by atoms with E-state index < -0.39 is 5.60 Å². The predicted octanol–water partition coefficient (Wildman–Crippen LogP) is 2.80. The van der Waals surface area contributed by atoms with E-state index in [0.29, 0.717) is 5.56 Å². The van der Waals surface area contributed by atoms with Crippen LogP contribution in [0.4, 0.5) is 0 Å². The number of carbonyl (C=O) groups excluding carboxylic acids is 1. The summed E-state index contributed by atoms with van der Waals surface area (Å²) >= 11 is 0. The minimum Gasteiger partial charge on any atom is -0.465 e. The summed E-state index contributed by atoms with van der Waals surface area (Å²) in [5.41, 5.74) is 2.10. The maximum absolute atomic E-state index is 11.6. The molecule has 1 aromatic rings. The highest BCUT2D eigenvalue weighted by atomic mass is 16.5. The minimum absolute atomic E-state index is 0.0623. The molecule has 1 saturated carbocycles. The van der Waals surface area contributed by atoms with Crippen molar-refractivity contribution in [3.8, 4) is 0 Å². The van der Waals surface area contributed by atoms with Crippen LogP contribution in [0.25, 0.3) is 0 Å². The predicted molar refractivity (Wildman–Crippen MR) is 72.0 cm³/mol. The molecule has 2 atom stereocenters. The van der Waals surface area contributed by atoms with E-state index in [-0.39, 0.29) is 11.4 Å². The zero-order valence-corrected chi connectivity index (χ0v) is 11.5. The number of rotatable bonds is 2. The molecule has 1 N–H and O–H groups in total. The standard InChI is InChI=1S/C16H20O3/c1-3-15-7-6-11-10-12(14(17)19-2)4-5-13(11)16(15,18)9-8-15/h4-5,10,18H,3,6-9H2,1-2H3/t15-,16+/m1/s1.